The van der Waals surface area contributed by atoms with Gasteiger partial charge in [-0.3, -0.25) is 9.69 Å². The van der Waals surface area contributed by atoms with E-state index < -0.39 is 0 Å². The van der Waals surface area contributed by atoms with Crippen LogP contribution in [-0.4, -0.2) is 54.9 Å². The molecule has 0 bridgehead atoms. The first-order valence-electron chi connectivity index (χ1n) is 7.47. The van der Waals surface area contributed by atoms with Gasteiger partial charge in [0.2, 0.25) is 5.91 Å². The van der Waals surface area contributed by atoms with Crippen LogP contribution in [-0.2, 0) is 9.53 Å². The van der Waals surface area contributed by atoms with Crippen LogP contribution in [0.1, 0.15) is 13.8 Å². The topological polar surface area (TPSA) is 41.6 Å². The van der Waals surface area contributed by atoms with Crippen LogP contribution in [0.3, 0.4) is 0 Å². The van der Waals surface area contributed by atoms with Crippen LogP contribution in [0.4, 0.5) is 0 Å². The molecular weight excluding hydrogens is 284 g/mol. The van der Waals surface area contributed by atoms with Gasteiger partial charge in [0.15, 0.2) is 0 Å². The fourth-order valence-electron chi connectivity index (χ4n) is 2.33. The number of nitrogens with one attached hydrogen (secondary N) is 1. The normalized spacial score (nSPS) is 19.7. The predicted molar refractivity (Wildman–Crippen MR) is 86.6 cm³/mol. The molecule has 0 spiro atoms. The van der Waals surface area contributed by atoms with E-state index >= 15 is 0 Å². The lowest BCUT2D eigenvalue weighted by Gasteiger charge is -2.34. The Bertz CT molecular complexity index is 439. The first-order valence-corrected chi connectivity index (χ1v) is 8.45. The summed E-state index contributed by atoms with van der Waals surface area (Å²) in [5.41, 5.74) is 0. The van der Waals surface area contributed by atoms with E-state index in [4.69, 9.17) is 4.74 Å². The van der Waals surface area contributed by atoms with E-state index in [1.54, 1.807) is 0 Å². The Hall–Kier alpha value is -1.04. The van der Waals surface area contributed by atoms with Crippen LogP contribution >= 0.6 is 11.8 Å². The zero-order valence-electron chi connectivity index (χ0n) is 12.7. The molecule has 21 heavy (non-hydrogen) atoms. The molecule has 4 nitrogen and oxygen atoms in total. The number of carbonyl (C=O) groups is 1. The van der Waals surface area contributed by atoms with Crippen molar-refractivity contribution < 1.29 is 9.53 Å². The predicted octanol–water partition coefficient (Wildman–Crippen LogP) is 2.00. The number of thioether (sulfide) groups is 1. The first kappa shape index (κ1) is 16.3. The highest BCUT2D eigenvalue weighted by Gasteiger charge is 2.29. The third-order valence-electron chi connectivity index (χ3n) is 3.36. The van der Waals surface area contributed by atoms with Crippen LogP contribution in [0.2, 0.25) is 0 Å². The first-order chi connectivity index (χ1) is 10.2. The Morgan fingerprint density at radius 2 is 2.19 bits per heavy atom. The summed E-state index contributed by atoms with van der Waals surface area (Å²) in [7, 11) is 0. The largest absolute Gasteiger partial charge is 0.378 e. The monoisotopic (exact) mass is 308 g/mol. The maximum atomic E-state index is 12.2. The zero-order valence-corrected chi connectivity index (χ0v) is 13.6. The molecule has 1 saturated heterocycles. The Morgan fingerprint density at radius 1 is 1.43 bits per heavy atom. The zero-order chi connectivity index (χ0) is 15.1. The fourth-order valence-corrected chi connectivity index (χ4v) is 3.24. The molecule has 1 atom stereocenters. The minimum absolute atomic E-state index is 0.0782. The number of hydrogen-bond donors (Lipinski definition) is 1. The fraction of sp³-hybridized carbons (Fsp3) is 0.562. The van der Waals surface area contributed by atoms with E-state index in [0.717, 1.165) is 18.8 Å². The number of carbonyl (C=O) groups excluding carboxylic acids is 1. The standard InChI is InChI=1S/C16H24N2O2S/c1-13(2)17-16(19)15-12-20-10-8-18(15)9-11-21-14-6-4-3-5-7-14/h3-7,13,15H,8-12H2,1-2H3,(H,17,19). The Kier molecular flexibility index (Phi) is 6.54. The molecule has 0 aliphatic carbocycles. The molecule has 0 saturated carbocycles. The van der Waals surface area contributed by atoms with E-state index in [2.05, 4.69) is 34.5 Å². The molecule has 0 aromatic heterocycles. The van der Waals surface area contributed by atoms with E-state index in [1.807, 2.05) is 31.7 Å². The van der Waals surface area contributed by atoms with Gasteiger partial charge < -0.3 is 10.1 Å². The average molecular weight is 308 g/mol. The van der Waals surface area contributed by atoms with E-state index in [0.29, 0.717) is 13.2 Å². The molecular formula is C16H24N2O2S. The molecule has 1 amide bonds. The number of benzene rings is 1. The van der Waals surface area contributed by atoms with Crippen molar-refractivity contribution in [2.24, 2.45) is 0 Å². The number of morpholine rings is 1. The van der Waals surface area contributed by atoms with Gasteiger partial charge in [0.05, 0.1) is 13.2 Å². The minimum Gasteiger partial charge on any atom is -0.378 e. The molecule has 1 N–H and O–H groups in total. The second-order valence-electron chi connectivity index (χ2n) is 5.45. The number of ether oxygens (including phenoxy) is 1. The van der Waals surface area contributed by atoms with Crippen molar-refractivity contribution in [3.05, 3.63) is 30.3 Å². The van der Waals surface area contributed by atoms with Gasteiger partial charge in [0.1, 0.15) is 6.04 Å². The smallest absolute Gasteiger partial charge is 0.239 e. The molecule has 1 fully saturated rings. The van der Waals surface area contributed by atoms with Gasteiger partial charge in [0, 0.05) is 29.8 Å². The highest BCUT2D eigenvalue weighted by Crippen LogP contribution is 2.18. The molecule has 5 heteroatoms. The summed E-state index contributed by atoms with van der Waals surface area (Å²) in [6.45, 7) is 6.90. The molecule has 1 aromatic carbocycles. The molecule has 1 heterocycles. The van der Waals surface area contributed by atoms with Gasteiger partial charge in [-0.1, -0.05) is 18.2 Å². The van der Waals surface area contributed by atoms with Crippen LogP contribution in [0.25, 0.3) is 0 Å². The summed E-state index contributed by atoms with van der Waals surface area (Å²) in [4.78, 5) is 15.7. The Balaban J connectivity index is 1.83. The number of amides is 1. The van der Waals surface area contributed by atoms with E-state index in [9.17, 15) is 4.79 Å². The van der Waals surface area contributed by atoms with Gasteiger partial charge in [0.25, 0.3) is 0 Å². The van der Waals surface area contributed by atoms with Gasteiger partial charge in [-0.2, -0.15) is 0 Å². The summed E-state index contributed by atoms with van der Waals surface area (Å²) in [6, 6.07) is 10.4. The van der Waals surface area contributed by atoms with Crippen LogP contribution in [0, 0.1) is 0 Å². The minimum atomic E-state index is -0.155. The maximum Gasteiger partial charge on any atom is 0.239 e. The van der Waals surface area contributed by atoms with E-state index in [1.165, 1.54) is 4.90 Å². The Morgan fingerprint density at radius 3 is 2.90 bits per heavy atom. The molecule has 116 valence electrons. The van der Waals surface area contributed by atoms with E-state index in [-0.39, 0.29) is 18.0 Å². The van der Waals surface area contributed by atoms with Crippen molar-refractivity contribution in [1.29, 1.82) is 0 Å². The molecule has 1 unspecified atom stereocenters. The summed E-state index contributed by atoms with van der Waals surface area (Å²) in [5, 5.41) is 2.98. The summed E-state index contributed by atoms with van der Waals surface area (Å²) < 4.78 is 5.47. The van der Waals surface area contributed by atoms with Gasteiger partial charge in [-0.25, -0.2) is 0 Å². The third-order valence-corrected chi connectivity index (χ3v) is 4.36. The maximum absolute atomic E-state index is 12.2. The van der Waals surface area contributed by atoms with Crippen molar-refractivity contribution >= 4 is 17.7 Å². The summed E-state index contributed by atoms with van der Waals surface area (Å²) >= 11 is 1.83. The molecule has 1 aliphatic rings. The second-order valence-corrected chi connectivity index (χ2v) is 6.62. The quantitative estimate of drug-likeness (QED) is 0.816. The molecule has 0 radical (unpaired) electrons. The lowest BCUT2D eigenvalue weighted by molar-refractivity contribution is -0.132. The third kappa shape index (κ3) is 5.34. The lowest BCUT2D eigenvalue weighted by atomic mass is 10.2. The molecule has 1 aliphatic heterocycles. The summed E-state index contributed by atoms with van der Waals surface area (Å²) in [5.74, 6) is 1.06. The van der Waals surface area contributed by atoms with Gasteiger partial charge in [-0.15, -0.1) is 11.8 Å². The number of nitrogens with zero attached hydrogens (tertiary/aromatic N) is 1. The van der Waals surface area contributed by atoms with Crippen molar-refractivity contribution in [1.82, 2.24) is 10.2 Å². The summed E-state index contributed by atoms with van der Waals surface area (Å²) in [6.07, 6.45) is 0. The number of rotatable bonds is 6. The lowest BCUT2D eigenvalue weighted by Crippen LogP contribution is -2.55. The molecule has 2 rings (SSSR count). The van der Waals surface area contributed by atoms with Crippen molar-refractivity contribution in [2.45, 2.75) is 30.8 Å². The van der Waals surface area contributed by atoms with Crippen LogP contribution in [0.5, 0.6) is 0 Å². The highest BCUT2D eigenvalue weighted by molar-refractivity contribution is 7.99. The second kappa shape index (κ2) is 8.41. The van der Waals surface area contributed by atoms with Crippen molar-refractivity contribution in [3.8, 4) is 0 Å². The van der Waals surface area contributed by atoms with Crippen LogP contribution in [0.15, 0.2) is 35.2 Å². The van der Waals surface area contributed by atoms with Crippen molar-refractivity contribution in [2.75, 3.05) is 32.1 Å². The van der Waals surface area contributed by atoms with Gasteiger partial charge in [-0.05, 0) is 26.0 Å². The van der Waals surface area contributed by atoms with Crippen LogP contribution < -0.4 is 5.32 Å². The Labute approximate surface area is 131 Å². The van der Waals surface area contributed by atoms with Crippen molar-refractivity contribution in [3.63, 3.8) is 0 Å². The SMILES string of the molecule is CC(C)NC(=O)C1COCCN1CCSc1ccccc1. The highest BCUT2D eigenvalue weighted by atomic mass is 32.2. The van der Waals surface area contributed by atoms with Gasteiger partial charge >= 0.3 is 0 Å². The average Bonchev–Trinajstić information content (AvgIpc) is 2.48. The molecule has 1 aromatic rings. The number of hydrogen-bond acceptors (Lipinski definition) is 4.